The van der Waals surface area contributed by atoms with E-state index >= 15 is 0 Å². The fourth-order valence-electron chi connectivity index (χ4n) is 5.03. The number of hydrogen-bond acceptors (Lipinski definition) is 8. The summed E-state index contributed by atoms with van der Waals surface area (Å²) in [6, 6.07) is 1.91. The van der Waals surface area contributed by atoms with Crippen molar-refractivity contribution in [1.29, 1.82) is 0 Å². The smallest absolute Gasteiger partial charge is 0.306 e. The topological polar surface area (TPSA) is 137 Å². The number of carbonyl (C=O) groups excluding carboxylic acids is 1. The number of H-pyrrole nitrogens is 1. The summed E-state index contributed by atoms with van der Waals surface area (Å²) in [5.41, 5.74) is 0.172. The lowest BCUT2D eigenvalue weighted by molar-refractivity contribution is -0.124. The molecule has 4 heterocycles. The Hall–Kier alpha value is -2.25. The number of nitrogens with one attached hydrogen (secondary N) is 1. The molecule has 2 aromatic rings. The molecule has 1 N–H and O–H groups in total. The fraction of sp³-hybridized carbons (Fsp3) is 0.650. The van der Waals surface area contributed by atoms with E-state index in [1.807, 2.05) is 6.07 Å². The lowest BCUT2D eigenvalue weighted by atomic mass is 10.0. The first-order valence-corrected chi connectivity index (χ1v) is 14.4. The molecule has 1 spiro atoms. The Kier molecular flexibility index (Phi) is 5.40. The molecule has 13 heteroatoms. The third kappa shape index (κ3) is 4.10. The van der Waals surface area contributed by atoms with Crippen LogP contribution in [0.4, 0.5) is 5.82 Å². The van der Waals surface area contributed by atoms with Crippen LogP contribution >= 0.6 is 0 Å². The molecule has 1 amide bonds. The fourth-order valence-corrected chi connectivity index (χ4v) is 8.62. The second kappa shape index (κ2) is 7.91. The molecule has 5 rings (SSSR count). The molecule has 2 saturated heterocycles. The van der Waals surface area contributed by atoms with Crippen molar-refractivity contribution in [2.24, 2.45) is 5.92 Å². The summed E-state index contributed by atoms with van der Waals surface area (Å²) < 4.78 is 53.3. The molecule has 0 aromatic carbocycles. The molecule has 3 aliphatic rings. The molecule has 11 nitrogen and oxygen atoms in total. The summed E-state index contributed by atoms with van der Waals surface area (Å²) in [4.78, 5) is 26.3. The first kappa shape index (κ1) is 22.5. The summed E-state index contributed by atoms with van der Waals surface area (Å²) in [7, 11) is -7.09. The number of piperazine rings is 1. The number of carbonyl (C=O) groups is 1. The first-order valence-electron chi connectivity index (χ1n) is 11.2. The highest BCUT2D eigenvalue weighted by molar-refractivity contribution is 7.91. The zero-order chi connectivity index (χ0) is 23.4. The minimum absolute atomic E-state index is 0.0271. The third-order valence-corrected chi connectivity index (χ3v) is 10.9. The van der Waals surface area contributed by atoms with Crippen molar-refractivity contribution in [2.45, 2.75) is 38.1 Å². The summed E-state index contributed by atoms with van der Waals surface area (Å²) >= 11 is 0. The van der Waals surface area contributed by atoms with Crippen LogP contribution in [-0.4, -0.2) is 89.5 Å². The van der Waals surface area contributed by atoms with Crippen molar-refractivity contribution in [1.82, 2.24) is 23.6 Å². The Morgan fingerprint density at radius 2 is 1.97 bits per heavy atom. The number of amides is 1. The van der Waals surface area contributed by atoms with Crippen LogP contribution in [0.15, 0.2) is 18.6 Å². The van der Waals surface area contributed by atoms with Gasteiger partial charge < -0.3 is 9.88 Å². The molecule has 0 bridgehead atoms. The SMILES string of the molecule is CC(=O)N(CC1CCS(=O)(=O)CC1)S(=O)(=O)N1CCN(c2ncnc3[nH]ccc23)CC12CC2. The second-order valence-electron chi connectivity index (χ2n) is 9.31. The van der Waals surface area contributed by atoms with Crippen LogP contribution in [0.25, 0.3) is 11.0 Å². The minimum Gasteiger partial charge on any atom is -0.353 e. The van der Waals surface area contributed by atoms with E-state index in [-0.39, 0.29) is 30.5 Å². The first-order chi connectivity index (χ1) is 15.6. The van der Waals surface area contributed by atoms with Gasteiger partial charge in [-0.2, -0.15) is 12.7 Å². The average molecular weight is 497 g/mol. The maximum atomic E-state index is 13.7. The molecule has 0 atom stereocenters. The van der Waals surface area contributed by atoms with Crippen LogP contribution in [0.2, 0.25) is 0 Å². The number of aromatic nitrogens is 3. The molecular formula is C20H28N6O5S2. The van der Waals surface area contributed by atoms with E-state index in [1.54, 1.807) is 6.20 Å². The lowest BCUT2D eigenvalue weighted by Gasteiger charge is -2.43. The number of nitrogens with zero attached hydrogens (tertiary/aromatic N) is 5. The number of rotatable bonds is 5. The highest BCUT2D eigenvalue weighted by Gasteiger charge is 2.57. The van der Waals surface area contributed by atoms with E-state index in [4.69, 9.17) is 0 Å². The van der Waals surface area contributed by atoms with Crippen LogP contribution in [0.1, 0.15) is 32.6 Å². The van der Waals surface area contributed by atoms with Gasteiger partial charge in [0.05, 0.1) is 22.4 Å². The molecule has 1 saturated carbocycles. The van der Waals surface area contributed by atoms with Gasteiger partial charge in [0.2, 0.25) is 5.91 Å². The van der Waals surface area contributed by atoms with Gasteiger partial charge in [0.1, 0.15) is 27.6 Å². The molecule has 0 unspecified atom stereocenters. The molecule has 1 aliphatic carbocycles. The Morgan fingerprint density at radius 1 is 1.24 bits per heavy atom. The number of hydrogen-bond donors (Lipinski definition) is 1. The summed E-state index contributed by atoms with van der Waals surface area (Å²) in [6.45, 7) is 2.49. The highest BCUT2D eigenvalue weighted by atomic mass is 32.2. The van der Waals surface area contributed by atoms with Gasteiger partial charge in [-0.1, -0.05) is 0 Å². The zero-order valence-corrected chi connectivity index (χ0v) is 20.1. The number of fused-ring (bicyclic) bond motifs is 1. The standard InChI is InChI=1S/C20H28N6O5S2/c1-15(27)25(12-16-3-10-32(28,29)11-4-16)33(30,31)26-9-8-24(13-20(26)5-6-20)19-17-2-7-21-18(17)22-14-23-19/h2,7,14,16H,3-6,8-13H2,1H3,(H,21,22,23). The van der Waals surface area contributed by atoms with Crippen LogP contribution in [0, 0.1) is 5.92 Å². The number of anilines is 1. The third-order valence-electron chi connectivity index (χ3n) is 7.05. The van der Waals surface area contributed by atoms with Crippen molar-refractivity contribution < 1.29 is 21.6 Å². The van der Waals surface area contributed by atoms with Crippen molar-refractivity contribution in [3.63, 3.8) is 0 Å². The maximum Gasteiger partial charge on any atom is 0.306 e. The number of aromatic amines is 1. The van der Waals surface area contributed by atoms with E-state index in [0.29, 0.717) is 25.9 Å². The molecule has 180 valence electrons. The molecule has 2 aromatic heterocycles. The molecule has 3 fully saturated rings. The van der Waals surface area contributed by atoms with Crippen molar-refractivity contribution in [2.75, 3.05) is 42.6 Å². The van der Waals surface area contributed by atoms with Crippen LogP contribution in [-0.2, 0) is 24.8 Å². The molecule has 0 radical (unpaired) electrons. The predicted molar refractivity (Wildman–Crippen MR) is 122 cm³/mol. The van der Waals surface area contributed by atoms with E-state index in [0.717, 1.165) is 34.0 Å². The molecule has 33 heavy (non-hydrogen) atoms. The zero-order valence-electron chi connectivity index (χ0n) is 18.5. The largest absolute Gasteiger partial charge is 0.353 e. The van der Waals surface area contributed by atoms with Gasteiger partial charge in [0.15, 0.2) is 0 Å². The number of sulfone groups is 1. The Balaban J connectivity index is 1.36. The highest BCUT2D eigenvalue weighted by Crippen LogP contribution is 2.47. The van der Waals surface area contributed by atoms with Gasteiger partial charge in [-0.3, -0.25) is 4.79 Å². The average Bonchev–Trinajstić information content (AvgIpc) is 3.33. The van der Waals surface area contributed by atoms with Crippen molar-refractivity contribution >= 4 is 42.8 Å². The van der Waals surface area contributed by atoms with E-state index in [2.05, 4.69) is 19.9 Å². The van der Waals surface area contributed by atoms with Gasteiger partial charge in [0.25, 0.3) is 0 Å². The molecule has 2 aliphatic heterocycles. The Labute approximate surface area is 193 Å². The van der Waals surface area contributed by atoms with Crippen LogP contribution in [0.5, 0.6) is 0 Å². The monoisotopic (exact) mass is 496 g/mol. The van der Waals surface area contributed by atoms with E-state index in [9.17, 15) is 21.6 Å². The molecular weight excluding hydrogens is 468 g/mol. The minimum atomic E-state index is -4.03. The van der Waals surface area contributed by atoms with Gasteiger partial charge in [0, 0.05) is 39.3 Å². The maximum absolute atomic E-state index is 13.7. The van der Waals surface area contributed by atoms with E-state index in [1.165, 1.54) is 17.6 Å². The van der Waals surface area contributed by atoms with Crippen LogP contribution < -0.4 is 4.90 Å². The van der Waals surface area contributed by atoms with Gasteiger partial charge >= 0.3 is 10.2 Å². The summed E-state index contributed by atoms with van der Waals surface area (Å²) in [5, 5.41) is 0.891. The van der Waals surface area contributed by atoms with Crippen molar-refractivity contribution in [3.05, 3.63) is 18.6 Å². The van der Waals surface area contributed by atoms with Gasteiger partial charge in [-0.05, 0) is 37.7 Å². The lowest BCUT2D eigenvalue weighted by Crippen LogP contribution is -2.61. The second-order valence-corrected chi connectivity index (χ2v) is 13.4. The van der Waals surface area contributed by atoms with Gasteiger partial charge in [-0.15, -0.1) is 0 Å². The quantitative estimate of drug-likeness (QED) is 0.633. The summed E-state index contributed by atoms with van der Waals surface area (Å²) in [6.07, 6.45) is 5.49. The Morgan fingerprint density at radius 3 is 2.64 bits per heavy atom. The van der Waals surface area contributed by atoms with Gasteiger partial charge in [-0.25, -0.2) is 22.7 Å². The summed E-state index contributed by atoms with van der Waals surface area (Å²) in [5.74, 6) is 0.173. The van der Waals surface area contributed by atoms with Crippen molar-refractivity contribution in [3.8, 4) is 0 Å². The van der Waals surface area contributed by atoms with E-state index < -0.39 is 31.5 Å². The van der Waals surface area contributed by atoms with Crippen LogP contribution in [0.3, 0.4) is 0 Å². The normalized spacial score (nSPS) is 23.1. The predicted octanol–water partition coefficient (Wildman–Crippen LogP) is 0.531. The Bertz CT molecular complexity index is 1270.